The second-order valence-corrected chi connectivity index (χ2v) is 7.83. The molecule has 2 aliphatic heterocycles. The zero-order valence-electron chi connectivity index (χ0n) is 15.3. The van der Waals surface area contributed by atoms with E-state index in [0.717, 1.165) is 44.2 Å². The number of carbonyl (C=O) groups excluding carboxylic acids is 1. The highest BCUT2D eigenvalue weighted by atomic mass is 19.1. The third-order valence-electron chi connectivity index (χ3n) is 5.70. The van der Waals surface area contributed by atoms with E-state index in [0.29, 0.717) is 31.0 Å². The molecule has 1 amide bonds. The zero-order chi connectivity index (χ0) is 17.6. The molecule has 2 fully saturated rings. The number of unbranched alkanes of at least 4 members (excludes halogenated alkanes) is 2. The molecule has 2 aliphatic rings. The van der Waals surface area contributed by atoms with Gasteiger partial charge in [0.2, 0.25) is 5.91 Å². The number of hydrogen-bond acceptors (Lipinski definition) is 2. The van der Waals surface area contributed by atoms with Crippen LogP contribution in [0.5, 0.6) is 0 Å². The van der Waals surface area contributed by atoms with Gasteiger partial charge in [0, 0.05) is 31.6 Å². The van der Waals surface area contributed by atoms with Gasteiger partial charge in [0.15, 0.2) is 0 Å². The molecule has 2 saturated heterocycles. The van der Waals surface area contributed by atoms with Crippen LogP contribution in [0.4, 0.5) is 4.39 Å². The van der Waals surface area contributed by atoms with Crippen molar-refractivity contribution in [2.75, 3.05) is 6.54 Å². The molecule has 0 saturated carbocycles. The first-order valence-electron chi connectivity index (χ1n) is 9.92. The van der Waals surface area contributed by atoms with Crippen LogP contribution in [0.25, 0.3) is 0 Å². The number of rotatable bonds is 8. The topological polar surface area (TPSA) is 32.3 Å². The summed E-state index contributed by atoms with van der Waals surface area (Å²) in [4.78, 5) is 14.9. The zero-order valence-corrected chi connectivity index (χ0v) is 15.3. The quantitative estimate of drug-likeness (QED) is 0.713. The van der Waals surface area contributed by atoms with Gasteiger partial charge in [-0.15, -0.1) is 0 Å². The molecule has 2 heterocycles. The van der Waals surface area contributed by atoms with E-state index in [1.807, 2.05) is 4.90 Å². The summed E-state index contributed by atoms with van der Waals surface area (Å²) >= 11 is 0. The lowest BCUT2D eigenvalue weighted by atomic mass is 9.89. The first-order chi connectivity index (χ1) is 12.1. The number of carbonyl (C=O) groups is 1. The molecule has 1 N–H and O–H groups in total. The Morgan fingerprint density at radius 1 is 1.16 bits per heavy atom. The molecule has 0 aliphatic carbocycles. The monoisotopic (exact) mass is 346 g/mol. The van der Waals surface area contributed by atoms with Crippen LogP contribution in [0.3, 0.4) is 0 Å². The summed E-state index contributed by atoms with van der Waals surface area (Å²) < 4.78 is 13.1. The van der Waals surface area contributed by atoms with Crippen molar-refractivity contribution in [1.29, 1.82) is 0 Å². The fourth-order valence-corrected chi connectivity index (χ4v) is 4.37. The van der Waals surface area contributed by atoms with Crippen LogP contribution >= 0.6 is 0 Å². The third kappa shape index (κ3) is 5.27. The van der Waals surface area contributed by atoms with Crippen molar-refractivity contribution in [3.63, 3.8) is 0 Å². The van der Waals surface area contributed by atoms with Crippen molar-refractivity contribution in [3.8, 4) is 0 Å². The summed E-state index contributed by atoms with van der Waals surface area (Å²) in [7, 11) is 0. The molecule has 2 bridgehead atoms. The molecule has 138 valence electrons. The molecular formula is C21H31FN2O. The van der Waals surface area contributed by atoms with Gasteiger partial charge in [-0.05, 0) is 55.7 Å². The molecule has 0 aromatic heterocycles. The summed E-state index contributed by atoms with van der Waals surface area (Å²) in [5.41, 5.74) is 1.01. The molecule has 1 aromatic rings. The molecule has 2 atom stereocenters. The highest BCUT2D eigenvalue weighted by Crippen LogP contribution is 2.33. The van der Waals surface area contributed by atoms with Crippen LogP contribution in [0.2, 0.25) is 0 Å². The number of hydrogen-bond donors (Lipinski definition) is 1. The average molecular weight is 346 g/mol. The van der Waals surface area contributed by atoms with Crippen molar-refractivity contribution < 1.29 is 9.18 Å². The van der Waals surface area contributed by atoms with Gasteiger partial charge in [-0.1, -0.05) is 31.9 Å². The summed E-state index contributed by atoms with van der Waals surface area (Å²) in [5, 5.41) is 3.65. The minimum absolute atomic E-state index is 0.224. The SMILES string of the molecule is CCCCCN(Cc1ccc(F)cc1)C(=O)CC1CC2CCC(C1)N2. The van der Waals surface area contributed by atoms with Crippen molar-refractivity contribution in [2.45, 2.75) is 76.9 Å². The number of amides is 1. The Balaban J connectivity index is 1.58. The van der Waals surface area contributed by atoms with Crippen molar-refractivity contribution >= 4 is 5.91 Å². The maximum Gasteiger partial charge on any atom is 0.223 e. The van der Waals surface area contributed by atoms with Gasteiger partial charge in [-0.3, -0.25) is 4.79 Å². The molecule has 3 rings (SSSR count). The van der Waals surface area contributed by atoms with Gasteiger partial charge in [-0.2, -0.15) is 0 Å². The van der Waals surface area contributed by atoms with E-state index < -0.39 is 0 Å². The number of nitrogens with one attached hydrogen (secondary N) is 1. The largest absolute Gasteiger partial charge is 0.338 e. The smallest absolute Gasteiger partial charge is 0.223 e. The van der Waals surface area contributed by atoms with E-state index in [-0.39, 0.29) is 11.7 Å². The predicted octanol–water partition coefficient (Wildman–Crippen LogP) is 4.27. The summed E-state index contributed by atoms with van der Waals surface area (Å²) in [6.07, 6.45) is 8.82. The number of nitrogens with zero attached hydrogens (tertiary/aromatic N) is 1. The fraction of sp³-hybridized carbons (Fsp3) is 0.667. The first kappa shape index (κ1) is 18.4. The number of benzene rings is 1. The number of piperidine rings is 1. The van der Waals surface area contributed by atoms with E-state index in [2.05, 4.69) is 12.2 Å². The minimum atomic E-state index is -0.224. The highest BCUT2D eigenvalue weighted by Gasteiger charge is 2.34. The van der Waals surface area contributed by atoms with Crippen LogP contribution in [-0.4, -0.2) is 29.4 Å². The molecular weight excluding hydrogens is 315 g/mol. The molecule has 3 nitrogen and oxygen atoms in total. The lowest BCUT2D eigenvalue weighted by Gasteiger charge is -2.31. The molecule has 1 aromatic carbocycles. The normalized spacial score (nSPS) is 25.1. The van der Waals surface area contributed by atoms with Gasteiger partial charge >= 0.3 is 0 Å². The van der Waals surface area contributed by atoms with Gasteiger partial charge in [0.05, 0.1) is 0 Å². The Labute approximate surface area is 151 Å². The Kier molecular flexibility index (Phi) is 6.46. The van der Waals surface area contributed by atoms with E-state index in [1.54, 1.807) is 12.1 Å². The van der Waals surface area contributed by atoms with Crippen LogP contribution < -0.4 is 5.32 Å². The summed E-state index contributed by atoms with van der Waals surface area (Å²) in [6.45, 7) is 3.58. The van der Waals surface area contributed by atoms with Gasteiger partial charge in [0.25, 0.3) is 0 Å². The van der Waals surface area contributed by atoms with E-state index in [1.165, 1.54) is 25.0 Å². The third-order valence-corrected chi connectivity index (χ3v) is 5.70. The number of fused-ring (bicyclic) bond motifs is 2. The van der Waals surface area contributed by atoms with E-state index >= 15 is 0 Å². The fourth-order valence-electron chi connectivity index (χ4n) is 4.37. The van der Waals surface area contributed by atoms with Crippen molar-refractivity contribution in [1.82, 2.24) is 10.2 Å². The Bertz CT molecular complexity index is 548. The van der Waals surface area contributed by atoms with Crippen LogP contribution in [0.15, 0.2) is 24.3 Å². The molecule has 4 heteroatoms. The summed E-state index contributed by atoms with van der Waals surface area (Å²) in [5.74, 6) is 0.567. The minimum Gasteiger partial charge on any atom is -0.338 e. The molecule has 25 heavy (non-hydrogen) atoms. The second-order valence-electron chi connectivity index (χ2n) is 7.83. The Hall–Kier alpha value is -1.42. The number of halogens is 1. The van der Waals surface area contributed by atoms with E-state index in [4.69, 9.17) is 0 Å². The van der Waals surface area contributed by atoms with Crippen molar-refractivity contribution in [3.05, 3.63) is 35.6 Å². The average Bonchev–Trinajstić information content (AvgIpc) is 2.94. The maximum atomic E-state index is 13.1. The lowest BCUT2D eigenvalue weighted by Crippen LogP contribution is -2.40. The second kappa shape index (κ2) is 8.79. The first-order valence-corrected chi connectivity index (χ1v) is 9.92. The van der Waals surface area contributed by atoms with Crippen molar-refractivity contribution in [2.24, 2.45) is 5.92 Å². The standard InChI is InChI=1S/C21H31FN2O/c1-2-3-4-11-24(15-16-5-7-18(22)8-6-16)21(25)14-17-12-19-9-10-20(13-17)23-19/h5-8,17,19-20,23H,2-4,9-15H2,1H3. The molecule has 2 unspecified atom stereocenters. The van der Waals surface area contributed by atoms with Gasteiger partial charge in [0.1, 0.15) is 5.82 Å². The van der Waals surface area contributed by atoms with Crippen LogP contribution in [0.1, 0.15) is 63.9 Å². The Morgan fingerprint density at radius 3 is 2.48 bits per heavy atom. The van der Waals surface area contributed by atoms with E-state index in [9.17, 15) is 9.18 Å². The molecule has 0 spiro atoms. The lowest BCUT2D eigenvalue weighted by molar-refractivity contribution is -0.133. The highest BCUT2D eigenvalue weighted by molar-refractivity contribution is 5.76. The maximum absolute atomic E-state index is 13.1. The van der Waals surface area contributed by atoms with Crippen LogP contribution in [0, 0.1) is 11.7 Å². The van der Waals surface area contributed by atoms with Gasteiger partial charge in [-0.25, -0.2) is 4.39 Å². The predicted molar refractivity (Wildman–Crippen MR) is 98.6 cm³/mol. The Morgan fingerprint density at radius 2 is 1.84 bits per heavy atom. The molecule has 0 radical (unpaired) electrons. The van der Waals surface area contributed by atoms with Crippen LogP contribution in [-0.2, 0) is 11.3 Å². The summed E-state index contributed by atoms with van der Waals surface area (Å²) in [6, 6.07) is 7.80. The van der Waals surface area contributed by atoms with Gasteiger partial charge < -0.3 is 10.2 Å².